The molecule has 1 aliphatic carbocycles. The van der Waals surface area contributed by atoms with Crippen molar-refractivity contribution in [3.63, 3.8) is 0 Å². The van der Waals surface area contributed by atoms with Crippen LogP contribution in [0.4, 0.5) is 0 Å². The number of likely N-dealkylation sites (tertiary alicyclic amines) is 1. The lowest BCUT2D eigenvalue weighted by Gasteiger charge is -2.32. The minimum atomic E-state index is 0.104. The van der Waals surface area contributed by atoms with E-state index in [-0.39, 0.29) is 24.0 Å². The molecule has 1 saturated carbocycles. The molecule has 0 aromatic heterocycles. The highest BCUT2D eigenvalue weighted by Gasteiger charge is 2.45. The van der Waals surface area contributed by atoms with E-state index < -0.39 is 0 Å². The van der Waals surface area contributed by atoms with Gasteiger partial charge in [-0.3, -0.25) is 9.69 Å². The van der Waals surface area contributed by atoms with Crippen LogP contribution in [0.25, 0.3) is 0 Å². The molecule has 3 heterocycles. The predicted octanol–water partition coefficient (Wildman–Crippen LogP) is 1.67. The number of benzene rings is 1. The maximum atomic E-state index is 12.2. The van der Waals surface area contributed by atoms with E-state index in [2.05, 4.69) is 22.3 Å². The van der Waals surface area contributed by atoms with Crippen molar-refractivity contribution < 1.29 is 19.0 Å². The van der Waals surface area contributed by atoms with Crippen LogP contribution in [0, 0.1) is 5.92 Å². The van der Waals surface area contributed by atoms with Crippen molar-refractivity contribution in [2.75, 3.05) is 19.9 Å². The molecule has 3 fully saturated rings. The van der Waals surface area contributed by atoms with E-state index in [1.54, 1.807) is 0 Å². The van der Waals surface area contributed by atoms with Crippen LogP contribution in [0.5, 0.6) is 11.5 Å². The van der Waals surface area contributed by atoms with Gasteiger partial charge in [-0.2, -0.15) is 0 Å². The average molecular weight is 344 g/mol. The Balaban J connectivity index is 1.31. The second kappa shape index (κ2) is 6.18. The van der Waals surface area contributed by atoms with E-state index >= 15 is 0 Å². The van der Waals surface area contributed by atoms with Crippen LogP contribution >= 0.6 is 0 Å². The molecule has 3 atom stereocenters. The molecule has 3 aliphatic heterocycles. The van der Waals surface area contributed by atoms with Gasteiger partial charge < -0.3 is 19.5 Å². The SMILES string of the molecule is O=C(N[C@@H]1CN(Cc2ccc3c(c2)OCO3)[C@@H]2CCCO[C@@H]21)C1CC1. The zero-order chi connectivity index (χ0) is 16.8. The second-order valence-corrected chi connectivity index (χ2v) is 7.55. The van der Waals surface area contributed by atoms with Gasteiger partial charge in [0.1, 0.15) is 0 Å². The first-order chi connectivity index (χ1) is 12.3. The third-order valence-corrected chi connectivity index (χ3v) is 5.73. The number of amides is 1. The highest BCUT2D eigenvalue weighted by molar-refractivity contribution is 5.81. The van der Waals surface area contributed by atoms with Gasteiger partial charge in [0, 0.05) is 31.7 Å². The monoisotopic (exact) mass is 344 g/mol. The summed E-state index contributed by atoms with van der Waals surface area (Å²) in [7, 11) is 0. The number of nitrogens with zero attached hydrogens (tertiary/aromatic N) is 1. The van der Waals surface area contributed by atoms with Gasteiger partial charge in [-0.25, -0.2) is 0 Å². The number of carbonyl (C=O) groups excluding carboxylic acids is 1. The molecule has 2 saturated heterocycles. The molecule has 134 valence electrons. The fourth-order valence-corrected chi connectivity index (χ4v) is 4.28. The Morgan fingerprint density at radius 3 is 2.96 bits per heavy atom. The fraction of sp³-hybridized carbons (Fsp3) is 0.632. The number of carbonyl (C=O) groups is 1. The van der Waals surface area contributed by atoms with Gasteiger partial charge in [-0.1, -0.05) is 6.07 Å². The third-order valence-electron chi connectivity index (χ3n) is 5.73. The minimum Gasteiger partial charge on any atom is -0.454 e. The van der Waals surface area contributed by atoms with E-state index in [1.165, 1.54) is 5.56 Å². The van der Waals surface area contributed by atoms with Crippen LogP contribution in [-0.4, -0.2) is 48.9 Å². The summed E-state index contributed by atoms with van der Waals surface area (Å²) in [6.07, 6.45) is 4.40. The molecule has 0 spiro atoms. The first kappa shape index (κ1) is 15.5. The van der Waals surface area contributed by atoms with Crippen LogP contribution in [0.3, 0.4) is 0 Å². The lowest BCUT2D eigenvalue weighted by Crippen LogP contribution is -2.48. The highest BCUT2D eigenvalue weighted by atomic mass is 16.7. The molecule has 1 aromatic rings. The van der Waals surface area contributed by atoms with E-state index in [1.807, 2.05) is 6.07 Å². The van der Waals surface area contributed by atoms with Gasteiger partial charge in [0.25, 0.3) is 0 Å². The standard InChI is InChI=1S/C19H24N2O4/c22-19(13-4-5-13)20-14-10-21(15-2-1-7-23-18(14)15)9-12-3-6-16-17(8-12)25-11-24-16/h3,6,8,13-15,18H,1-2,4-5,7,9-11H2,(H,20,22)/t14-,15-,18-/m1/s1. The van der Waals surface area contributed by atoms with E-state index in [9.17, 15) is 4.79 Å². The smallest absolute Gasteiger partial charge is 0.231 e. The van der Waals surface area contributed by atoms with Crippen LogP contribution in [0.1, 0.15) is 31.2 Å². The molecular formula is C19H24N2O4. The third kappa shape index (κ3) is 2.98. The Morgan fingerprint density at radius 2 is 2.08 bits per heavy atom. The highest BCUT2D eigenvalue weighted by Crippen LogP contribution is 2.35. The Bertz CT molecular complexity index is 675. The average Bonchev–Trinajstić information content (AvgIpc) is 3.30. The molecule has 6 heteroatoms. The van der Waals surface area contributed by atoms with Crippen molar-refractivity contribution in [3.05, 3.63) is 23.8 Å². The van der Waals surface area contributed by atoms with Crippen LogP contribution in [-0.2, 0) is 16.1 Å². The molecule has 6 nitrogen and oxygen atoms in total. The lowest BCUT2D eigenvalue weighted by molar-refractivity contribution is -0.124. The topological polar surface area (TPSA) is 60.0 Å². The first-order valence-electron chi connectivity index (χ1n) is 9.32. The number of rotatable bonds is 4. The van der Waals surface area contributed by atoms with Crippen molar-refractivity contribution >= 4 is 5.91 Å². The Morgan fingerprint density at radius 1 is 1.20 bits per heavy atom. The molecule has 1 aromatic carbocycles. The quantitative estimate of drug-likeness (QED) is 0.900. The minimum absolute atomic E-state index is 0.104. The summed E-state index contributed by atoms with van der Waals surface area (Å²) in [5.74, 6) is 2.10. The summed E-state index contributed by atoms with van der Waals surface area (Å²) in [4.78, 5) is 14.7. The molecule has 0 bridgehead atoms. The molecule has 5 rings (SSSR count). The summed E-state index contributed by atoms with van der Waals surface area (Å²) in [6, 6.07) is 6.63. The predicted molar refractivity (Wildman–Crippen MR) is 90.4 cm³/mol. The summed E-state index contributed by atoms with van der Waals surface area (Å²) < 4.78 is 16.9. The molecule has 0 unspecified atom stereocenters. The van der Waals surface area contributed by atoms with Crippen LogP contribution < -0.4 is 14.8 Å². The second-order valence-electron chi connectivity index (χ2n) is 7.55. The summed E-state index contributed by atoms with van der Waals surface area (Å²) in [5.41, 5.74) is 1.21. The number of hydrogen-bond donors (Lipinski definition) is 1. The van der Waals surface area contributed by atoms with Crippen molar-refractivity contribution in [3.8, 4) is 11.5 Å². The van der Waals surface area contributed by atoms with Crippen LogP contribution in [0.15, 0.2) is 18.2 Å². The summed E-state index contributed by atoms with van der Waals surface area (Å²) in [5, 5.41) is 3.25. The molecule has 1 amide bonds. The molecule has 0 radical (unpaired) electrons. The Kier molecular flexibility index (Phi) is 3.82. The summed E-state index contributed by atoms with van der Waals surface area (Å²) in [6.45, 7) is 2.80. The molecule has 4 aliphatic rings. The van der Waals surface area contributed by atoms with Gasteiger partial charge >= 0.3 is 0 Å². The van der Waals surface area contributed by atoms with Gasteiger partial charge in [0.2, 0.25) is 12.7 Å². The maximum Gasteiger partial charge on any atom is 0.231 e. The van der Waals surface area contributed by atoms with Crippen molar-refractivity contribution in [2.24, 2.45) is 5.92 Å². The number of ether oxygens (including phenoxy) is 3. The van der Waals surface area contributed by atoms with Gasteiger partial charge in [0.05, 0.1) is 12.1 Å². The van der Waals surface area contributed by atoms with E-state index in [0.29, 0.717) is 12.8 Å². The van der Waals surface area contributed by atoms with Crippen molar-refractivity contribution in [1.82, 2.24) is 10.2 Å². The normalized spacial score (nSPS) is 31.0. The van der Waals surface area contributed by atoms with Crippen molar-refractivity contribution in [1.29, 1.82) is 0 Å². The molecule has 25 heavy (non-hydrogen) atoms. The first-order valence-corrected chi connectivity index (χ1v) is 9.32. The fourth-order valence-electron chi connectivity index (χ4n) is 4.28. The zero-order valence-corrected chi connectivity index (χ0v) is 14.3. The molecule has 1 N–H and O–H groups in total. The zero-order valence-electron chi connectivity index (χ0n) is 14.3. The number of hydrogen-bond acceptors (Lipinski definition) is 5. The Labute approximate surface area is 147 Å². The number of fused-ring (bicyclic) bond motifs is 2. The lowest BCUT2D eigenvalue weighted by atomic mass is 10.0. The summed E-state index contributed by atoms with van der Waals surface area (Å²) >= 11 is 0. The van der Waals surface area contributed by atoms with E-state index in [0.717, 1.165) is 56.9 Å². The van der Waals surface area contributed by atoms with Gasteiger partial charge in [0.15, 0.2) is 11.5 Å². The van der Waals surface area contributed by atoms with Gasteiger partial charge in [-0.15, -0.1) is 0 Å². The Hall–Kier alpha value is -1.79. The maximum absolute atomic E-state index is 12.2. The van der Waals surface area contributed by atoms with Crippen molar-refractivity contribution in [2.45, 2.75) is 50.4 Å². The largest absolute Gasteiger partial charge is 0.454 e. The van der Waals surface area contributed by atoms with E-state index in [4.69, 9.17) is 14.2 Å². The van der Waals surface area contributed by atoms with Gasteiger partial charge in [-0.05, 0) is 43.4 Å². The molecular weight excluding hydrogens is 320 g/mol. The number of nitrogens with one attached hydrogen (secondary N) is 1. The van der Waals surface area contributed by atoms with Crippen LogP contribution in [0.2, 0.25) is 0 Å².